The van der Waals surface area contributed by atoms with Crippen molar-refractivity contribution in [3.05, 3.63) is 0 Å². The highest BCUT2D eigenvalue weighted by Crippen LogP contribution is 2.32. The fourth-order valence-corrected chi connectivity index (χ4v) is 2.29. The van der Waals surface area contributed by atoms with Gasteiger partial charge in [0.2, 0.25) is 5.91 Å². The van der Waals surface area contributed by atoms with Crippen LogP contribution in [0.4, 0.5) is 0 Å². The van der Waals surface area contributed by atoms with Gasteiger partial charge in [-0.25, -0.2) is 0 Å². The van der Waals surface area contributed by atoms with Crippen molar-refractivity contribution in [1.29, 1.82) is 0 Å². The van der Waals surface area contributed by atoms with E-state index in [2.05, 4.69) is 19.2 Å². The fourth-order valence-electron chi connectivity index (χ4n) is 2.07. The van der Waals surface area contributed by atoms with Crippen LogP contribution in [0.3, 0.4) is 0 Å². The number of aliphatic carboxylic acids is 1. The van der Waals surface area contributed by atoms with E-state index in [4.69, 9.17) is 5.11 Å². The van der Waals surface area contributed by atoms with E-state index >= 15 is 0 Å². The van der Waals surface area contributed by atoms with E-state index in [1.54, 1.807) is 11.8 Å². The van der Waals surface area contributed by atoms with Crippen molar-refractivity contribution in [2.24, 2.45) is 11.8 Å². The summed E-state index contributed by atoms with van der Waals surface area (Å²) in [5, 5.41) is 11.9. The van der Waals surface area contributed by atoms with Crippen LogP contribution in [0.2, 0.25) is 0 Å². The molecule has 0 unspecified atom stereocenters. The number of hydrogen-bond donors (Lipinski definition) is 2. The van der Waals surface area contributed by atoms with E-state index in [9.17, 15) is 9.59 Å². The van der Waals surface area contributed by atoms with Gasteiger partial charge in [-0.3, -0.25) is 9.59 Å². The first kappa shape index (κ1) is 14.4. The van der Waals surface area contributed by atoms with Crippen LogP contribution in [0.1, 0.15) is 33.1 Å². The zero-order valence-corrected chi connectivity index (χ0v) is 11.5. The summed E-state index contributed by atoms with van der Waals surface area (Å²) in [5.41, 5.74) is 0. The predicted octanol–water partition coefficient (Wildman–Crippen LogP) is 1.75. The Hall–Kier alpha value is -0.710. The minimum Gasteiger partial charge on any atom is -0.481 e. The second kappa shape index (κ2) is 5.76. The van der Waals surface area contributed by atoms with Crippen LogP contribution in [-0.2, 0) is 9.59 Å². The number of nitrogens with one attached hydrogen (secondary N) is 1. The largest absolute Gasteiger partial charge is 0.481 e. The summed E-state index contributed by atoms with van der Waals surface area (Å²) >= 11 is 1.69. The molecule has 98 valence electrons. The van der Waals surface area contributed by atoms with Crippen molar-refractivity contribution in [3.63, 3.8) is 0 Å². The number of carboxylic acids is 1. The molecular formula is C12H21NO3S. The molecule has 1 amide bonds. The van der Waals surface area contributed by atoms with Gasteiger partial charge in [0, 0.05) is 11.3 Å². The Morgan fingerprint density at radius 1 is 1.35 bits per heavy atom. The zero-order valence-electron chi connectivity index (χ0n) is 10.7. The first-order valence-corrected chi connectivity index (χ1v) is 7.15. The molecule has 1 aliphatic carbocycles. The van der Waals surface area contributed by atoms with Crippen LogP contribution in [0.25, 0.3) is 0 Å². The first-order chi connectivity index (χ1) is 7.87. The molecule has 2 atom stereocenters. The Kier molecular flexibility index (Phi) is 4.86. The van der Waals surface area contributed by atoms with E-state index in [-0.39, 0.29) is 16.6 Å². The van der Waals surface area contributed by atoms with Crippen LogP contribution < -0.4 is 5.32 Å². The van der Waals surface area contributed by atoms with Crippen molar-refractivity contribution in [2.45, 2.75) is 37.9 Å². The van der Waals surface area contributed by atoms with E-state index in [0.29, 0.717) is 19.4 Å². The molecule has 1 saturated carbocycles. The number of carboxylic acid groups (broad SMARTS) is 1. The van der Waals surface area contributed by atoms with Crippen LogP contribution in [0, 0.1) is 11.8 Å². The first-order valence-electron chi connectivity index (χ1n) is 5.93. The molecule has 0 radical (unpaired) electrons. The Labute approximate surface area is 107 Å². The van der Waals surface area contributed by atoms with Crippen molar-refractivity contribution in [3.8, 4) is 0 Å². The maximum Gasteiger partial charge on any atom is 0.307 e. The van der Waals surface area contributed by atoms with Gasteiger partial charge < -0.3 is 10.4 Å². The van der Waals surface area contributed by atoms with Gasteiger partial charge in [0.15, 0.2) is 0 Å². The van der Waals surface area contributed by atoms with E-state index < -0.39 is 11.9 Å². The number of thioether (sulfide) groups is 1. The van der Waals surface area contributed by atoms with Gasteiger partial charge in [0.05, 0.1) is 11.8 Å². The molecule has 0 aliphatic heterocycles. The van der Waals surface area contributed by atoms with Gasteiger partial charge in [-0.05, 0) is 32.9 Å². The van der Waals surface area contributed by atoms with Crippen molar-refractivity contribution >= 4 is 23.6 Å². The summed E-state index contributed by atoms with van der Waals surface area (Å²) in [6, 6.07) is 0. The normalized spacial score (nSPS) is 24.6. The van der Waals surface area contributed by atoms with Crippen LogP contribution >= 0.6 is 11.8 Å². The van der Waals surface area contributed by atoms with Crippen LogP contribution in [0.5, 0.6) is 0 Å². The lowest BCUT2D eigenvalue weighted by molar-refractivity contribution is -0.146. The van der Waals surface area contributed by atoms with Gasteiger partial charge in [0.25, 0.3) is 0 Å². The summed E-state index contributed by atoms with van der Waals surface area (Å²) < 4.78 is -0.00696. The number of carbonyl (C=O) groups excluding carboxylic acids is 1. The third-order valence-corrected chi connectivity index (χ3v) is 4.66. The molecule has 1 rings (SSSR count). The quantitative estimate of drug-likeness (QED) is 0.789. The molecule has 0 aromatic rings. The minimum atomic E-state index is -0.841. The maximum absolute atomic E-state index is 11.9. The summed E-state index contributed by atoms with van der Waals surface area (Å²) in [6.45, 7) is 4.69. The molecule has 17 heavy (non-hydrogen) atoms. The van der Waals surface area contributed by atoms with Gasteiger partial charge >= 0.3 is 5.97 Å². The number of hydrogen-bond acceptors (Lipinski definition) is 3. The third-order valence-electron chi connectivity index (χ3n) is 3.41. The molecule has 1 aliphatic rings. The topological polar surface area (TPSA) is 66.4 Å². The molecule has 0 aromatic carbocycles. The number of rotatable bonds is 5. The van der Waals surface area contributed by atoms with Crippen LogP contribution in [0.15, 0.2) is 0 Å². The summed E-state index contributed by atoms with van der Waals surface area (Å²) in [4.78, 5) is 22.9. The monoisotopic (exact) mass is 259 g/mol. The van der Waals surface area contributed by atoms with E-state index in [1.807, 2.05) is 6.26 Å². The minimum absolute atomic E-state index is 0.00696. The molecule has 0 spiro atoms. The molecule has 0 saturated heterocycles. The fraction of sp³-hybridized carbons (Fsp3) is 0.833. The molecule has 0 heterocycles. The molecule has 1 fully saturated rings. The van der Waals surface area contributed by atoms with Gasteiger partial charge in [-0.15, -0.1) is 0 Å². The third kappa shape index (κ3) is 3.91. The average molecular weight is 259 g/mol. The molecule has 2 N–H and O–H groups in total. The standard InChI is InChI=1S/C12H21NO3S/c1-12(2,17-3)7-13-10(14)8-5-4-6-9(8)11(15)16/h8-9H,4-7H2,1-3H3,(H,13,14)(H,15,16)/t8-,9+/m1/s1. The molecule has 0 bridgehead atoms. The molecule has 0 aromatic heterocycles. The zero-order chi connectivity index (χ0) is 13.1. The lowest BCUT2D eigenvalue weighted by atomic mass is 9.95. The average Bonchev–Trinajstić information content (AvgIpc) is 2.75. The lowest BCUT2D eigenvalue weighted by Crippen LogP contribution is -2.41. The summed E-state index contributed by atoms with van der Waals surface area (Å²) in [7, 11) is 0. The van der Waals surface area contributed by atoms with E-state index in [1.165, 1.54) is 0 Å². The van der Waals surface area contributed by atoms with Crippen molar-refractivity contribution in [1.82, 2.24) is 5.32 Å². The predicted molar refractivity (Wildman–Crippen MR) is 69.1 cm³/mol. The van der Waals surface area contributed by atoms with Crippen molar-refractivity contribution < 1.29 is 14.7 Å². The number of carbonyl (C=O) groups is 2. The molecular weight excluding hydrogens is 238 g/mol. The second-order valence-corrected chi connectivity index (χ2v) is 6.68. The molecule has 4 nitrogen and oxygen atoms in total. The van der Waals surface area contributed by atoms with Gasteiger partial charge in [0.1, 0.15) is 0 Å². The Morgan fingerprint density at radius 2 is 1.94 bits per heavy atom. The van der Waals surface area contributed by atoms with Crippen LogP contribution in [-0.4, -0.2) is 34.5 Å². The number of amides is 1. The highest BCUT2D eigenvalue weighted by molar-refractivity contribution is 7.99. The highest BCUT2D eigenvalue weighted by Gasteiger charge is 2.37. The summed E-state index contributed by atoms with van der Waals surface area (Å²) in [6.07, 6.45) is 4.16. The second-order valence-electron chi connectivity index (χ2n) is 5.16. The maximum atomic E-state index is 11.9. The smallest absolute Gasteiger partial charge is 0.307 e. The summed E-state index contributed by atoms with van der Waals surface area (Å²) in [5.74, 6) is -1.78. The van der Waals surface area contributed by atoms with Gasteiger partial charge in [-0.1, -0.05) is 6.42 Å². The highest BCUT2D eigenvalue weighted by atomic mass is 32.2. The van der Waals surface area contributed by atoms with Gasteiger partial charge in [-0.2, -0.15) is 11.8 Å². The van der Waals surface area contributed by atoms with Crippen molar-refractivity contribution in [2.75, 3.05) is 12.8 Å². The SMILES string of the molecule is CSC(C)(C)CNC(=O)[C@@H]1CCC[C@@H]1C(=O)O. The lowest BCUT2D eigenvalue weighted by Gasteiger charge is -2.24. The Bertz CT molecular complexity index is 304. The Balaban J connectivity index is 2.50. The molecule has 5 heteroatoms. The Morgan fingerprint density at radius 3 is 2.47 bits per heavy atom. The van der Waals surface area contributed by atoms with E-state index in [0.717, 1.165) is 6.42 Å².